The first-order valence-electron chi connectivity index (χ1n) is 9.59. The summed E-state index contributed by atoms with van der Waals surface area (Å²) in [4.78, 5) is 25.1. The summed E-state index contributed by atoms with van der Waals surface area (Å²) in [6.07, 6.45) is 1.72. The standard InChI is InChI=1S/C24H19FN4O2/c1-16-12-13-26-29(16)22-10-8-17(9-11-22)23(30)27-20-6-2-4-18(14-20)24(31)28-21-7-3-5-19(25)15-21/h2-15H,1H3,(H,27,30)(H,28,31). The second-order valence-corrected chi connectivity index (χ2v) is 6.93. The van der Waals surface area contributed by atoms with Crippen molar-refractivity contribution in [3.63, 3.8) is 0 Å². The van der Waals surface area contributed by atoms with Crippen molar-refractivity contribution in [2.45, 2.75) is 6.92 Å². The molecule has 1 aromatic heterocycles. The number of carbonyl (C=O) groups excluding carboxylic acids is 2. The molecule has 0 atom stereocenters. The van der Waals surface area contributed by atoms with Crippen LogP contribution in [0.4, 0.5) is 15.8 Å². The third-order valence-electron chi connectivity index (χ3n) is 4.67. The topological polar surface area (TPSA) is 76.0 Å². The fourth-order valence-corrected chi connectivity index (χ4v) is 3.10. The Morgan fingerprint density at radius 2 is 1.45 bits per heavy atom. The predicted molar refractivity (Wildman–Crippen MR) is 117 cm³/mol. The van der Waals surface area contributed by atoms with E-state index >= 15 is 0 Å². The first-order chi connectivity index (χ1) is 15.0. The Balaban J connectivity index is 1.45. The number of aromatic nitrogens is 2. The van der Waals surface area contributed by atoms with Crippen LogP contribution in [-0.4, -0.2) is 21.6 Å². The van der Waals surface area contributed by atoms with E-state index in [4.69, 9.17) is 0 Å². The molecule has 0 spiro atoms. The summed E-state index contributed by atoms with van der Waals surface area (Å²) in [7, 11) is 0. The normalized spacial score (nSPS) is 10.5. The molecular formula is C24H19FN4O2. The van der Waals surface area contributed by atoms with Crippen LogP contribution in [-0.2, 0) is 0 Å². The fourth-order valence-electron chi connectivity index (χ4n) is 3.10. The molecule has 1 heterocycles. The van der Waals surface area contributed by atoms with Crippen LogP contribution in [0.25, 0.3) is 5.69 Å². The predicted octanol–water partition coefficient (Wildman–Crippen LogP) is 4.82. The van der Waals surface area contributed by atoms with Gasteiger partial charge in [0.25, 0.3) is 11.8 Å². The fraction of sp³-hybridized carbons (Fsp3) is 0.0417. The number of rotatable bonds is 5. The molecule has 4 aromatic rings. The van der Waals surface area contributed by atoms with E-state index in [1.165, 1.54) is 18.2 Å². The minimum absolute atomic E-state index is 0.300. The largest absolute Gasteiger partial charge is 0.322 e. The number of halogens is 1. The van der Waals surface area contributed by atoms with E-state index in [0.29, 0.717) is 22.5 Å². The highest BCUT2D eigenvalue weighted by Crippen LogP contribution is 2.17. The van der Waals surface area contributed by atoms with Gasteiger partial charge in [-0.1, -0.05) is 12.1 Å². The van der Waals surface area contributed by atoms with Crippen molar-refractivity contribution in [1.29, 1.82) is 0 Å². The Kier molecular flexibility index (Phi) is 5.57. The number of nitrogens with one attached hydrogen (secondary N) is 2. The minimum atomic E-state index is -0.437. The van der Waals surface area contributed by atoms with Crippen LogP contribution in [0, 0.1) is 12.7 Å². The lowest BCUT2D eigenvalue weighted by Crippen LogP contribution is -2.15. The van der Waals surface area contributed by atoms with Gasteiger partial charge in [0.2, 0.25) is 0 Å². The molecular weight excluding hydrogens is 395 g/mol. The Morgan fingerprint density at radius 1 is 0.806 bits per heavy atom. The Labute approximate surface area is 178 Å². The molecule has 0 bridgehead atoms. The molecule has 2 amide bonds. The lowest BCUT2D eigenvalue weighted by atomic mass is 10.1. The number of carbonyl (C=O) groups is 2. The van der Waals surface area contributed by atoms with E-state index < -0.39 is 11.7 Å². The van der Waals surface area contributed by atoms with Crippen LogP contribution in [0.3, 0.4) is 0 Å². The van der Waals surface area contributed by atoms with Crippen LogP contribution < -0.4 is 10.6 Å². The molecule has 0 unspecified atom stereocenters. The maximum Gasteiger partial charge on any atom is 0.255 e. The summed E-state index contributed by atoms with van der Waals surface area (Å²) in [6.45, 7) is 1.95. The van der Waals surface area contributed by atoms with Gasteiger partial charge in [-0.3, -0.25) is 9.59 Å². The van der Waals surface area contributed by atoms with Crippen LogP contribution in [0.2, 0.25) is 0 Å². The molecule has 0 aliphatic heterocycles. The third kappa shape index (κ3) is 4.67. The SMILES string of the molecule is Cc1ccnn1-c1ccc(C(=O)Nc2cccc(C(=O)Nc3cccc(F)c3)c2)cc1. The summed E-state index contributed by atoms with van der Waals surface area (Å²) < 4.78 is 15.1. The maximum atomic E-state index is 13.3. The lowest BCUT2D eigenvalue weighted by Gasteiger charge is -2.09. The summed E-state index contributed by atoms with van der Waals surface area (Å²) in [5.74, 6) is -1.14. The molecule has 0 saturated carbocycles. The van der Waals surface area contributed by atoms with Gasteiger partial charge >= 0.3 is 0 Å². The lowest BCUT2D eigenvalue weighted by molar-refractivity contribution is 0.101. The molecule has 0 saturated heterocycles. The van der Waals surface area contributed by atoms with Crippen molar-refractivity contribution >= 4 is 23.2 Å². The van der Waals surface area contributed by atoms with E-state index in [2.05, 4.69) is 15.7 Å². The molecule has 4 rings (SSSR count). The summed E-state index contributed by atoms with van der Waals surface area (Å²) in [6, 6.07) is 21.2. The van der Waals surface area contributed by atoms with Gasteiger partial charge in [-0.25, -0.2) is 9.07 Å². The van der Waals surface area contributed by atoms with Gasteiger partial charge < -0.3 is 10.6 Å². The monoisotopic (exact) mass is 414 g/mol. The van der Waals surface area contributed by atoms with Gasteiger partial charge in [0.15, 0.2) is 0 Å². The number of hydrogen-bond acceptors (Lipinski definition) is 3. The van der Waals surface area contributed by atoms with E-state index in [-0.39, 0.29) is 5.91 Å². The van der Waals surface area contributed by atoms with Gasteiger partial charge in [0, 0.05) is 34.4 Å². The van der Waals surface area contributed by atoms with E-state index in [1.807, 2.05) is 25.1 Å². The van der Waals surface area contributed by atoms with Crippen molar-refractivity contribution in [2.75, 3.05) is 10.6 Å². The van der Waals surface area contributed by atoms with E-state index in [9.17, 15) is 14.0 Å². The van der Waals surface area contributed by atoms with Crippen molar-refractivity contribution in [3.05, 3.63) is 108 Å². The number of nitrogens with zero attached hydrogens (tertiary/aromatic N) is 2. The van der Waals surface area contributed by atoms with Gasteiger partial charge in [0.05, 0.1) is 5.69 Å². The second-order valence-electron chi connectivity index (χ2n) is 6.93. The molecule has 2 N–H and O–H groups in total. The minimum Gasteiger partial charge on any atom is -0.322 e. The smallest absolute Gasteiger partial charge is 0.255 e. The third-order valence-corrected chi connectivity index (χ3v) is 4.67. The average molecular weight is 414 g/mol. The Bertz CT molecular complexity index is 1250. The summed E-state index contributed by atoms with van der Waals surface area (Å²) in [5.41, 5.74) is 3.49. The van der Waals surface area contributed by atoms with E-state index in [0.717, 1.165) is 11.4 Å². The Morgan fingerprint density at radius 3 is 2.10 bits per heavy atom. The molecule has 0 aliphatic rings. The molecule has 0 fully saturated rings. The van der Waals surface area contributed by atoms with Gasteiger partial charge in [0.1, 0.15) is 5.82 Å². The van der Waals surface area contributed by atoms with Gasteiger partial charge in [-0.2, -0.15) is 5.10 Å². The quantitative estimate of drug-likeness (QED) is 0.491. The second kappa shape index (κ2) is 8.62. The van der Waals surface area contributed by atoms with E-state index in [1.54, 1.807) is 53.3 Å². The zero-order chi connectivity index (χ0) is 21.8. The molecule has 0 radical (unpaired) electrons. The highest BCUT2D eigenvalue weighted by molar-refractivity contribution is 6.07. The number of anilines is 2. The summed E-state index contributed by atoms with van der Waals surface area (Å²) in [5, 5.41) is 9.67. The zero-order valence-electron chi connectivity index (χ0n) is 16.7. The van der Waals surface area contributed by atoms with Crippen molar-refractivity contribution < 1.29 is 14.0 Å². The molecule has 154 valence electrons. The van der Waals surface area contributed by atoms with Crippen LogP contribution in [0.15, 0.2) is 85.1 Å². The summed E-state index contributed by atoms with van der Waals surface area (Å²) >= 11 is 0. The number of amides is 2. The van der Waals surface area contributed by atoms with Crippen molar-refractivity contribution in [3.8, 4) is 5.69 Å². The van der Waals surface area contributed by atoms with Crippen molar-refractivity contribution in [2.24, 2.45) is 0 Å². The molecule has 6 nitrogen and oxygen atoms in total. The van der Waals surface area contributed by atoms with Crippen molar-refractivity contribution in [1.82, 2.24) is 9.78 Å². The number of hydrogen-bond donors (Lipinski definition) is 2. The average Bonchev–Trinajstić information content (AvgIpc) is 3.20. The molecule has 3 aromatic carbocycles. The number of aryl methyl sites for hydroxylation is 1. The van der Waals surface area contributed by atoms with Crippen LogP contribution in [0.1, 0.15) is 26.4 Å². The van der Waals surface area contributed by atoms with Crippen LogP contribution in [0.5, 0.6) is 0 Å². The van der Waals surface area contributed by atoms with Gasteiger partial charge in [-0.05, 0) is 73.7 Å². The molecule has 7 heteroatoms. The number of benzene rings is 3. The Hall–Kier alpha value is -4.26. The van der Waals surface area contributed by atoms with Gasteiger partial charge in [-0.15, -0.1) is 0 Å². The highest BCUT2D eigenvalue weighted by Gasteiger charge is 2.11. The zero-order valence-corrected chi connectivity index (χ0v) is 16.7. The maximum absolute atomic E-state index is 13.3. The molecule has 31 heavy (non-hydrogen) atoms. The highest BCUT2D eigenvalue weighted by atomic mass is 19.1. The first-order valence-corrected chi connectivity index (χ1v) is 9.59. The first kappa shape index (κ1) is 20.0. The molecule has 0 aliphatic carbocycles. The van der Waals surface area contributed by atoms with Crippen LogP contribution >= 0.6 is 0 Å².